The Balaban J connectivity index is 1.70. The summed E-state index contributed by atoms with van der Waals surface area (Å²) in [5, 5.41) is 10.6. The Labute approximate surface area is 243 Å². The topological polar surface area (TPSA) is 120 Å². The number of para-hydroxylation sites is 1. The van der Waals surface area contributed by atoms with Crippen LogP contribution in [0.15, 0.2) is 52.8 Å². The van der Waals surface area contributed by atoms with E-state index in [1.807, 2.05) is 6.92 Å². The summed E-state index contributed by atoms with van der Waals surface area (Å²) >= 11 is 11.6. The van der Waals surface area contributed by atoms with Crippen LogP contribution in [-0.4, -0.2) is 49.6 Å². The molecular formula is C28H29ClN4O6S. The SMILES string of the molecule is C#CCOc1c(Cl)cc(C=NNC(=O)COc2ccccc2[C@H]2NC(=S)NC(C)=C2C(=O)OCC)cc1OCC. The number of halogens is 1. The highest BCUT2D eigenvalue weighted by Gasteiger charge is 2.32. The lowest BCUT2D eigenvalue weighted by atomic mass is 9.95. The second kappa shape index (κ2) is 14.8. The average Bonchev–Trinajstić information content (AvgIpc) is 2.91. The van der Waals surface area contributed by atoms with Crippen LogP contribution in [0.5, 0.6) is 17.2 Å². The molecule has 0 aromatic heterocycles. The lowest BCUT2D eigenvalue weighted by Gasteiger charge is -2.30. The Bertz CT molecular complexity index is 1370. The minimum Gasteiger partial charge on any atom is -0.490 e. The quantitative estimate of drug-likeness (QED) is 0.113. The molecule has 40 heavy (non-hydrogen) atoms. The summed E-state index contributed by atoms with van der Waals surface area (Å²) in [6.45, 7) is 5.58. The summed E-state index contributed by atoms with van der Waals surface area (Å²) in [6.07, 6.45) is 6.67. The first-order valence-electron chi connectivity index (χ1n) is 12.3. The summed E-state index contributed by atoms with van der Waals surface area (Å²) in [5.74, 6) is 2.49. The molecule has 0 fully saturated rings. The lowest BCUT2D eigenvalue weighted by molar-refractivity contribution is -0.139. The summed E-state index contributed by atoms with van der Waals surface area (Å²) in [4.78, 5) is 25.2. The van der Waals surface area contributed by atoms with Crippen LogP contribution in [0.25, 0.3) is 0 Å². The number of rotatable bonds is 12. The van der Waals surface area contributed by atoms with E-state index in [4.69, 9.17) is 49.2 Å². The number of terminal acetylenes is 1. The average molecular weight is 585 g/mol. The summed E-state index contributed by atoms with van der Waals surface area (Å²) < 4.78 is 22.1. The van der Waals surface area contributed by atoms with Crippen molar-refractivity contribution in [1.82, 2.24) is 16.1 Å². The molecule has 0 spiro atoms. The second-order valence-electron chi connectivity index (χ2n) is 8.17. The Morgan fingerprint density at radius 1 is 1.18 bits per heavy atom. The highest BCUT2D eigenvalue weighted by molar-refractivity contribution is 7.80. The van der Waals surface area contributed by atoms with Gasteiger partial charge in [0.25, 0.3) is 5.91 Å². The van der Waals surface area contributed by atoms with Gasteiger partial charge in [-0.2, -0.15) is 5.10 Å². The number of amides is 1. The number of ether oxygens (including phenoxy) is 4. The van der Waals surface area contributed by atoms with E-state index in [-0.39, 0.29) is 24.8 Å². The normalized spacial score (nSPS) is 14.6. The van der Waals surface area contributed by atoms with E-state index in [0.29, 0.717) is 51.4 Å². The van der Waals surface area contributed by atoms with Crippen LogP contribution in [0.4, 0.5) is 0 Å². The van der Waals surface area contributed by atoms with Gasteiger partial charge >= 0.3 is 5.97 Å². The second-order valence-corrected chi connectivity index (χ2v) is 8.98. The van der Waals surface area contributed by atoms with Crippen LogP contribution >= 0.6 is 23.8 Å². The number of nitrogens with one attached hydrogen (secondary N) is 3. The van der Waals surface area contributed by atoms with Crippen molar-refractivity contribution < 1.29 is 28.5 Å². The van der Waals surface area contributed by atoms with E-state index in [1.54, 1.807) is 50.2 Å². The third-order valence-electron chi connectivity index (χ3n) is 5.39. The van der Waals surface area contributed by atoms with Crippen molar-refractivity contribution in [2.75, 3.05) is 26.4 Å². The van der Waals surface area contributed by atoms with Crippen molar-refractivity contribution in [3.8, 4) is 29.6 Å². The van der Waals surface area contributed by atoms with Crippen LogP contribution in [0.2, 0.25) is 5.02 Å². The first-order chi connectivity index (χ1) is 19.3. The molecule has 0 unspecified atom stereocenters. The minimum absolute atomic E-state index is 0.0345. The third kappa shape index (κ3) is 7.88. The zero-order valence-electron chi connectivity index (χ0n) is 22.2. The molecule has 0 aliphatic carbocycles. The molecule has 0 bridgehead atoms. The van der Waals surface area contributed by atoms with Gasteiger partial charge in [0.05, 0.1) is 36.1 Å². The van der Waals surface area contributed by atoms with Crippen LogP contribution in [0, 0.1) is 12.3 Å². The number of thiocarbonyl (C=S) groups is 1. The standard InChI is InChI=1S/C28H29ClN4O6S/c1-5-12-38-26-20(29)13-18(14-22(26)36-6-2)15-30-33-23(34)16-39-21-11-9-8-10-19(21)25-24(27(35)37-7-3)17(4)31-28(40)32-25/h1,8-11,13-15,25H,6-7,12,16H2,2-4H3,(H,33,34)(H2,31,32,40)/t25-/m1/s1. The van der Waals surface area contributed by atoms with Crippen molar-refractivity contribution in [3.05, 3.63) is 63.8 Å². The van der Waals surface area contributed by atoms with E-state index in [0.717, 1.165) is 0 Å². The van der Waals surface area contributed by atoms with Crippen molar-refractivity contribution in [2.45, 2.75) is 26.8 Å². The van der Waals surface area contributed by atoms with Gasteiger partial charge in [-0.25, -0.2) is 10.2 Å². The van der Waals surface area contributed by atoms with Gasteiger partial charge in [0, 0.05) is 11.3 Å². The molecule has 1 aliphatic rings. The third-order valence-corrected chi connectivity index (χ3v) is 5.89. The number of allylic oxidation sites excluding steroid dienone is 1. The molecule has 3 rings (SSSR count). The van der Waals surface area contributed by atoms with Gasteiger partial charge in [-0.15, -0.1) is 6.42 Å². The summed E-state index contributed by atoms with van der Waals surface area (Å²) in [5.41, 5.74) is 4.51. The maximum absolute atomic E-state index is 12.7. The highest BCUT2D eigenvalue weighted by atomic mass is 35.5. The Hall–Kier alpha value is -4.27. The zero-order chi connectivity index (χ0) is 29.1. The maximum Gasteiger partial charge on any atom is 0.338 e. The number of hydrogen-bond donors (Lipinski definition) is 3. The lowest BCUT2D eigenvalue weighted by Crippen LogP contribution is -2.45. The van der Waals surface area contributed by atoms with Gasteiger partial charge in [0.1, 0.15) is 12.4 Å². The molecule has 12 heteroatoms. The largest absolute Gasteiger partial charge is 0.490 e. The Morgan fingerprint density at radius 3 is 2.67 bits per heavy atom. The number of hydrazone groups is 1. The fourth-order valence-electron chi connectivity index (χ4n) is 3.79. The molecule has 0 radical (unpaired) electrons. The number of hydrogen-bond acceptors (Lipinski definition) is 8. The van der Waals surface area contributed by atoms with Gasteiger partial charge in [-0.1, -0.05) is 35.7 Å². The molecule has 210 valence electrons. The van der Waals surface area contributed by atoms with Gasteiger partial charge in [-0.05, 0) is 56.8 Å². The molecule has 2 aromatic carbocycles. The number of carbonyl (C=O) groups is 2. The number of nitrogens with zero attached hydrogens (tertiary/aromatic N) is 1. The van der Waals surface area contributed by atoms with Gasteiger partial charge < -0.3 is 29.6 Å². The Morgan fingerprint density at radius 2 is 1.95 bits per heavy atom. The molecule has 10 nitrogen and oxygen atoms in total. The predicted octanol–water partition coefficient (Wildman–Crippen LogP) is 3.64. The van der Waals surface area contributed by atoms with E-state index in [1.165, 1.54) is 6.21 Å². The first-order valence-corrected chi connectivity index (χ1v) is 13.1. The number of carbonyl (C=O) groups excluding carboxylic acids is 2. The molecule has 2 aromatic rings. The van der Waals surface area contributed by atoms with Gasteiger partial charge in [0.2, 0.25) is 0 Å². The highest BCUT2D eigenvalue weighted by Crippen LogP contribution is 2.36. The van der Waals surface area contributed by atoms with Crippen molar-refractivity contribution >= 4 is 47.0 Å². The first kappa shape index (κ1) is 30.3. The van der Waals surface area contributed by atoms with Crippen molar-refractivity contribution in [3.63, 3.8) is 0 Å². The maximum atomic E-state index is 12.7. The Kier molecular flexibility index (Phi) is 11.2. The van der Waals surface area contributed by atoms with Crippen LogP contribution in [0.1, 0.15) is 37.9 Å². The molecule has 1 aliphatic heterocycles. The fraction of sp³-hybridized carbons (Fsp3) is 0.286. The van der Waals surface area contributed by atoms with E-state index < -0.39 is 17.9 Å². The van der Waals surface area contributed by atoms with Crippen LogP contribution in [-0.2, 0) is 14.3 Å². The molecule has 0 saturated carbocycles. The zero-order valence-corrected chi connectivity index (χ0v) is 23.8. The number of benzene rings is 2. The summed E-state index contributed by atoms with van der Waals surface area (Å²) in [7, 11) is 0. The number of esters is 1. The molecule has 3 N–H and O–H groups in total. The fourth-order valence-corrected chi connectivity index (χ4v) is 4.34. The van der Waals surface area contributed by atoms with Crippen molar-refractivity contribution in [2.24, 2.45) is 5.10 Å². The van der Waals surface area contributed by atoms with Crippen molar-refractivity contribution in [1.29, 1.82) is 0 Å². The van der Waals surface area contributed by atoms with Gasteiger partial charge in [0.15, 0.2) is 23.2 Å². The smallest absolute Gasteiger partial charge is 0.338 e. The van der Waals surface area contributed by atoms with E-state index in [2.05, 4.69) is 27.1 Å². The van der Waals surface area contributed by atoms with E-state index >= 15 is 0 Å². The molecule has 0 saturated heterocycles. The summed E-state index contributed by atoms with van der Waals surface area (Å²) in [6, 6.07) is 9.65. The predicted molar refractivity (Wildman–Crippen MR) is 156 cm³/mol. The molecular weight excluding hydrogens is 556 g/mol. The van der Waals surface area contributed by atoms with Crippen LogP contribution < -0.4 is 30.3 Å². The molecule has 1 heterocycles. The molecule has 1 atom stereocenters. The monoisotopic (exact) mass is 584 g/mol. The minimum atomic E-state index is -0.637. The van der Waals surface area contributed by atoms with Crippen LogP contribution in [0.3, 0.4) is 0 Å². The van der Waals surface area contributed by atoms with Gasteiger partial charge in [-0.3, -0.25) is 4.79 Å². The van der Waals surface area contributed by atoms with E-state index in [9.17, 15) is 9.59 Å². The molecule has 1 amide bonds.